The summed E-state index contributed by atoms with van der Waals surface area (Å²) >= 11 is 0. The van der Waals surface area contributed by atoms with E-state index in [0.29, 0.717) is 17.7 Å². The third-order valence-corrected chi connectivity index (χ3v) is 2.68. The van der Waals surface area contributed by atoms with E-state index in [4.69, 9.17) is 5.11 Å². The number of benzene rings is 2. The Balaban J connectivity index is 0.00000116. The van der Waals surface area contributed by atoms with Crippen LogP contribution in [-0.2, 0) is 0 Å². The number of nitrogens with one attached hydrogen (secondary N) is 1. The molecule has 22 heavy (non-hydrogen) atoms. The maximum Gasteiger partial charge on any atom is 0.337 e. The van der Waals surface area contributed by atoms with E-state index >= 15 is 0 Å². The molecule has 0 heterocycles. The van der Waals surface area contributed by atoms with Gasteiger partial charge < -0.3 is 10.4 Å². The lowest BCUT2D eigenvalue weighted by atomic mass is 10.1. The van der Waals surface area contributed by atoms with Crippen LogP contribution in [0, 0.1) is 24.4 Å². The van der Waals surface area contributed by atoms with Crippen LogP contribution in [0.25, 0.3) is 0 Å². The number of carboxylic acid groups (broad SMARTS) is 1. The van der Waals surface area contributed by atoms with E-state index in [9.17, 15) is 18.0 Å². The van der Waals surface area contributed by atoms with Crippen molar-refractivity contribution in [3.63, 3.8) is 0 Å². The van der Waals surface area contributed by atoms with Crippen molar-refractivity contribution in [1.29, 1.82) is 0 Å². The second kappa shape index (κ2) is 7.49. The van der Waals surface area contributed by atoms with Gasteiger partial charge in [-0.25, -0.2) is 18.0 Å². The van der Waals surface area contributed by atoms with Crippen LogP contribution in [0.4, 0.5) is 24.5 Å². The summed E-state index contributed by atoms with van der Waals surface area (Å²) in [4.78, 5) is 11.0. The molecular weight excluding hydrogens is 295 g/mol. The van der Waals surface area contributed by atoms with E-state index in [-0.39, 0.29) is 11.4 Å². The molecule has 2 aromatic carbocycles. The SMILES string of the molecule is CC.Cc1ccc(Nc2cc(F)c(F)cc2C(=O)O)c(F)c1. The largest absolute Gasteiger partial charge is 0.478 e. The van der Waals surface area contributed by atoms with Crippen molar-refractivity contribution in [3.05, 3.63) is 58.9 Å². The number of rotatable bonds is 3. The molecule has 0 aliphatic rings. The second-order valence-corrected chi connectivity index (χ2v) is 4.23. The fourth-order valence-corrected chi connectivity index (χ4v) is 1.69. The fraction of sp³-hybridized carbons (Fsp3) is 0.188. The van der Waals surface area contributed by atoms with Gasteiger partial charge in [0.1, 0.15) is 5.82 Å². The molecule has 0 spiro atoms. The molecule has 2 aromatic rings. The zero-order valence-corrected chi connectivity index (χ0v) is 12.4. The average molecular weight is 311 g/mol. The van der Waals surface area contributed by atoms with Crippen LogP contribution in [0.3, 0.4) is 0 Å². The number of hydrogen-bond donors (Lipinski definition) is 2. The lowest BCUT2D eigenvalue weighted by Gasteiger charge is -2.11. The number of hydrogen-bond acceptors (Lipinski definition) is 2. The molecule has 0 bridgehead atoms. The van der Waals surface area contributed by atoms with Gasteiger partial charge in [0.2, 0.25) is 0 Å². The molecule has 0 atom stereocenters. The van der Waals surface area contributed by atoms with E-state index in [1.807, 2.05) is 13.8 Å². The highest BCUT2D eigenvalue weighted by atomic mass is 19.2. The highest BCUT2D eigenvalue weighted by Gasteiger charge is 2.16. The van der Waals surface area contributed by atoms with Crippen LogP contribution < -0.4 is 5.32 Å². The van der Waals surface area contributed by atoms with Crippen LogP contribution >= 0.6 is 0 Å². The summed E-state index contributed by atoms with van der Waals surface area (Å²) in [5.41, 5.74) is -0.0519. The molecule has 0 aliphatic heterocycles. The van der Waals surface area contributed by atoms with E-state index < -0.39 is 29.0 Å². The quantitative estimate of drug-likeness (QED) is 0.849. The molecule has 118 valence electrons. The molecule has 0 amide bonds. The summed E-state index contributed by atoms with van der Waals surface area (Å²) in [5, 5.41) is 11.4. The average Bonchev–Trinajstić information content (AvgIpc) is 2.47. The first-order valence-corrected chi connectivity index (χ1v) is 6.64. The summed E-state index contributed by atoms with van der Waals surface area (Å²) < 4.78 is 39.9. The summed E-state index contributed by atoms with van der Waals surface area (Å²) in [6.07, 6.45) is 0. The lowest BCUT2D eigenvalue weighted by molar-refractivity contribution is 0.0697. The maximum atomic E-state index is 13.7. The molecule has 0 saturated heterocycles. The van der Waals surface area contributed by atoms with Gasteiger partial charge in [-0.15, -0.1) is 0 Å². The third-order valence-electron chi connectivity index (χ3n) is 2.68. The zero-order valence-electron chi connectivity index (χ0n) is 12.4. The van der Waals surface area contributed by atoms with Crippen molar-refractivity contribution in [2.24, 2.45) is 0 Å². The van der Waals surface area contributed by atoms with E-state index in [0.717, 1.165) is 0 Å². The fourth-order valence-electron chi connectivity index (χ4n) is 1.69. The van der Waals surface area contributed by atoms with Crippen molar-refractivity contribution >= 4 is 17.3 Å². The molecule has 0 aliphatic carbocycles. The minimum atomic E-state index is -1.45. The Morgan fingerprint density at radius 3 is 2.09 bits per heavy atom. The van der Waals surface area contributed by atoms with Gasteiger partial charge in [-0.3, -0.25) is 0 Å². The minimum absolute atomic E-state index is 0.0240. The Labute approximate surface area is 126 Å². The van der Waals surface area contributed by atoms with Crippen molar-refractivity contribution in [2.45, 2.75) is 20.8 Å². The van der Waals surface area contributed by atoms with Gasteiger partial charge in [0.05, 0.1) is 16.9 Å². The number of carbonyl (C=O) groups is 1. The first-order chi connectivity index (χ1) is 10.4. The van der Waals surface area contributed by atoms with Gasteiger partial charge in [0.25, 0.3) is 0 Å². The summed E-state index contributed by atoms with van der Waals surface area (Å²) in [7, 11) is 0. The van der Waals surface area contributed by atoms with Crippen molar-refractivity contribution in [1.82, 2.24) is 0 Å². The molecule has 6 heteroatoms. The summed E-state index contributed by atoms with van der Waals surface area (Å²) in [6.45, 7) is 5.69. The van der Waals surface area contributed by atoms with Crippen LogP contribution in [0.5, 0.6) is 0 Å². The number of halogens is 3. The van der Waals surface area contributed by atoms with Crippen LogP contribution in [0.1, 0.15) is 29.8 Å². The molecule has 0 fully saturated rings. The molecule has 2 rings (SSSR count). The molecule has 2 N–H and O–H groups in total. The van der Waals surface area contributed by atoms with Crippen molar-refractivity contribution < 1.29 is 23.1 Å². The smallest absolute Gasteiger partial charge is 0.337 e. The summed E-state index contributed by atoms with van der Waals surface area (Å²) in [6, 6.07) is 5.45. The minimum Gasteiger partial charge on any atom is -0.478 e. The predicted octanol–water partition coefficient (Wildman–Crippen LogP) is 4.88. The van der Waals surface area contributed by atoms with E-state index in [1.165, 1.54) is 12.1 Å². The van der Waals surface area contributed by atoms with E-state index in [2.05, 4.69) is 5.32 Å². The Morgan fingerprint density at radius 1 is 0.955 bits per heavy atom. The molecular formula is C16H16F3NO2. The number of aryl methyl sites for hydroxylation is 1. The van der Waals surface area contributed by atoms with Gasteiger partial charge in [0, 0.05) is 6.07 Å². The standard InChI is InChI=1S/C14H10F3NO2.C2H6/c1-7-2-3-12(11(17)4-7)18-13-6-10(16)9(15)5-8(13)14(19)20;1-2/h2-6,18H,1H3,(H,19,20);1-2H3. The van der Waals surface area contributed by atoms with Crippen LogP contribution in [0.15, 0.2) is 30.3 Å². The van der Waals surface area contributed by atoms with Gasteiger partial charge in [-0.1, -0.05) is 19.9 Å². The number of carboxylic acids is 1. The number of anilines is 2. The van der Waals surface area contributed by atoms with Crippen molar-refractivity contribution in [2.75, 3.05) is 5.32 Å². The van der Waals surface area contributed by atoms with Gasteiger partial charge >= 0.3 is 5.97 Å². The molecule has 0 radical (unpaired) electrons. The zero-order chi connectivity index (χ0) is 16.9. The lowest BCUT2D eigenvalue weighted by Crippen LogP contribution is -2.06. The monoisotopic (exact) mass is 311 g/mol. The Morgan fingerprint density at radius 2 is 1.55 bits per heavy atom. The highest BCUT2D eigenvalue weighted by molar-refractivity contribution is 5.95. The maximum absolute atomic E-state index is 13.7. The molecule has 0 unspecified atom stereocenters. The highest BCUT2D eigenvalue weighted by Crippen LogP contribution is 2.26. The number of aromatic carboxylic acids is 1. The first kappa shape index (κ1) is 17.6. The van der Waals surface area contributed by atoms with Gasteiger partial charge in [0.15, 0.2) is 11.6 Å². The van der Waals surface area contributed by atoms with E-state index in [1.54, 1.807) is 13.0 Å². The predicted molar refractivity (Wildman–Crippen MR) is 79.1 cm³/mol. The molecule has 0 saturated carbocycles. The molecule has 0 aromatic heterocycles. The first-order valence-electron chi connectivity index (χ1n) is 6.64. The second-order valence-electron chi connectivity index (χ2n) is 4.23. The van der Waals surface area contributed by atoms with Crippen molar-refractivity contribution in [3.8, 4) is 0 Å². The normalized spacial score (nSPS) is 9.73. The third kappa shape index (κ3) is 4.00. The Kier molecular flexibility index (Phi) is 5.98. The Hall–Kier alpha value is -2.50. The van der Waals surface area contributed by atoms with Crippen LogP contribution in [-0.4, -0.2) is 11.1 Å². The van der Waals surface area contributed by atoms with Gasteiger partial charge in [-0.2, -0.15) is 0 Å². The topological polar surface area (TPSA) is 49.3 Å². The summed E-state index contributed by atoms with van der Waals surface area (Å²) in [5.74, 6) is -4.56. The van der Waals surface area contributed by atoms with Crippen LogP contribution in [0.2, 0.25) is 0 Å². The Bertz CT molecular complexity index is 687. The van der Waals surface area contributed by atoms with Gasteiger partial charge in [-0.05, 0) is 30.7 Å². The molecule has 3 nitrogen and oxygen atoms in total.